The van der Waals surface area contributed by atoms with Crippen LogP contribution in [-0.4, -0.2) is 33.5 Å². The van der Waals surface area contributed by atoms with Gasteiger partial charge < -0.3 is 0 Å². The average Bonchev–Trinajstić information content (AvgIpc) is 3.41. The fourth-order valence-corrected chi connectivity index (χ4v) is 4.74. The van der Waals surface area contributed by atoms with Crippen LogP contribution in [0, 0.1) is 11.3 Å². The first-order valence-corrected chi connectivity index (χ1v) is 10.4. The van der Waals surface area contributed by atoms with E-state index in [1.54, 1.807) is 29.9 Å². The molecule has 2 aromatic heterocycles. The molecule has 0 bridgehead atoms. The molecule has 1 saturated carbocycles. The lowest BCUT2D eigenvalue weighted by molar-refractivity contribution is 0.553. The van der Waals surface area contributed by atoms with Crippen LogP contribution in [-0.2, 0) is 23.4 Å². The Morgan fingerprint density at radius 2 is 2.00 bits per heavy atom. The van der Waals surface area contributed by atoms with E-state index >= 15 is 0 Å². The van der Waals surface area contributed by atoms with Crippen LogP contribution in [0.4, 0.5) is 0 Å². The monoisotopic (exact) mass is 382 g/mol. The Morgan fingerprint density at radius 3 is 2.63 bits per heavy atom. The number of hydrogen-bond acceptors (Lipinski definition) is 5. The molecule has 0 aliphatic heterocycles. The Bertz CT molecular complexity index is 1270. The van der Waals surface area contributed by atoms with Gasteiger partial charge in [-0.2, -0.15) is 5.26 Å². The molecule has 1 aliphatic rings. The van der Waals surface area contributed by atoms with E-state index in [1.165, 1.54) is 10.8 Å². The molecular weight excluding hydrogens is 364 g/mol. The second kappa shape index (κ2) is 5.79. The zero-order valence-electron chi connectivity index (χ0n) is 15.0. The van der Waals surface area contributed by atoms with E-state index in [9.17, 15) is 18.5 Å². The van der Waals surface area contributed by atoms with Gasteiger partial charge in [0.25, 0.3) is 0 Å². The molecule has 0 amide bonds. The van der Waals surface area contributed by atoms with Crippen molar-refractivity contribution in [1.82, 2.24) is 14.1 Å². The van der Waals surface area contributed by atoms with E-state index in [0.29, 0.717) is 35.1 Å². The Labute approximate surface area is 156 Å². The van der Waals surface area contributed by atoms with E-state index in [2.05, 4.69) is 11.1 Å². The molecule has 1 aromatic carbocycles. The van der Waals surface area contributed by atoms with Crippen LogP contribution in [0.15, 0.2) is 41.3 Å². The van der Waals surface area contributed by atoms with Crippen molar-refractivity contribution in [1.29, 1.82) is 5.26 Å². The Hall–Kier alpha value is -2.92. The summed E-state index contributed by atoms with van der Waals surface area (Å²) in [6.07, 6.45) is 3.95. The molecule has 4 rings (SSSR count). The quantitative estimate of drug-likeness (QED) is 0.686. The maximum atomic E-state index is 12.8. The molecule has 0 unspecified atom stereocenters. The summed E-state index contributed by atoms with van der Waals surface area (Å²) >= 11 is 0. The van der Waals surface area contributed by atoms with Crippen molar-refractivity contribution >= 4 is 20.9 Å². The van der Waals surface area contributed by atoms with Gasteiger partial charge in [-0.3, -0.25) is 9.13 Å². The van der Waals surface area contributed by atoms with Gasteiger partial charge in [-0.1, -0.05) is 6.07 Å². The van der Waals surface area contributed by atoms with Gasteiger partial charge in [0, 0.05) is 31.6 Å². The molecule has 0 atom stereocenters. The molecule has 1 fully saturated rings. The van der Waals surface area contributed by atoms with Crippen LogP contribution < -0.4 is 5.69 Å². The Kier molecular flexibility index (Phi) is 3.75. The number of pyridine rings is 1. The van der Waals surface area contributed by atoms with Crippen LogP contribution in [0.25, 0.3) is 22.2 Å². The summed E-state index contributed by atoms with van der Waals surface area (Å²) in [5, 5.41) is 9.28. The zero-order chi connectivity index (χ0) is 19.4. The third-order valence-electron chi connectivity index (χ3n) is 5.41. The second-order valence-electron chi connectivity index (χ2n) is 7.10. The molecule has 0 radical (unpaired) electrons. The SMILES string of the molecule is Cn1c(=O)n(CC2(S(C)(=O)=O)CC2)c2ccc(-c3cccnc3C#N)cc21. The third-order valence-corrected chi connectivity index (χ3v) is 7.52. The van der Waals surface area contributed by atoms with Gasteiger partial charge in [-0.15, -0.1) is 0 Å². The van der Waals surface area contributed by atoms with E-state index in [1.807, 2.05) is 18.2 Å². The van der Waals surface area contributed by atoms with Crippen molar-refractivity contribution in [3.05, 3.63) is 52.7 Å². The molecule has 8 heteroatoms. The Balaban J connectivity index is 1.87. The van der Waals surface area contributed by atoms with Gasteiger partial charge in [0.05, 0.1) is 15.8 Å². The average molecular weight is 382 g/mol. The number of sulfone groups is 1. The predicted octanol–water partition coefficient (Wildman–Crippen LogP) is 1.85. The molecule has 3 aromatic rings. The standard InChI is InChI=1S/C19H18N4O3S/c1-22-17-10-13(14-4-3-9-21-15(14)11-20)5-6-16(17)23(18(22)24)12-19(7-8-19)27(2,25)26/h3-6,9-10H,7-8,12H2,1-2H3. The highest BCUT2D eigenvalue weighted by molar-refractivity contribution is 7.92. The summed E-state index contributed by atoms with van der Waals surface area (Å²) in [6, 6.07) is 11.1. The molecule has 2 heterocycles. The largest absolute Gasteiger partial charge is 0.328 e. The van der Waals surface area contributed by atoms with Gasteiger partial charge in [0.15, 0.2) is 9.84 Å². The van der Waals surface area contributed by atoms with Crippen LogP contribution in [0.2, 0.25) is 0 Å². The maximum Gasteiger partial charge on any atom is 0.328 e. The minimum absolute atomic E-state index is 0.164. The van der Waals surface area contributed by atoms with Crippen molar-refractivity contribution in [3.63, 3.8) is 0 Å². The summed E-state index contributed by atoms with van der Waals surface area (Å²) in [5.74, 6) is 0. The lowest BCUT2D eigenvalue weighted by atomic mass is 10.0. The molecule has 0 spiro atoms. The lowest BCUT2D eigenvalue weighted by Crippen LogP contribution is -2.33. The number of benzene rings is 1. The van der Waals surface area contributed by atoms with E-state index < -0.39 is 14.6 Å². The highest BCUT2D eigenvalue weighted by Crippen LogP contribution is 2.44. The van der Waals surface area contributed by atoms with Gasteiger partial charge in [-0.05, 0) is 42.7 Å². The van der Waals surface area contributed by atoms with Gasteiger partial charge in [0.1, 0.15) is 11.8 Å². The normalized spacial score (nSPS) is 15.6. The summed E-state index contributed by atoms with van der Waals surface area (Å²) in [7, 11) is -1.57. The number of imidazole rings is 1. The third kappa shape index (κ3) is 2.66. The fraction of sp³-hybridized carbons (Fsp3) is 0.316. The summed E-state index contributed by atoms with van der Waals surface area (Å²) in [5.41, 5.74) is 2.92. The predicted molar refractivity (Wildman–Crippen MR) is 102 cm³/mol. The van der Waals surface area contributed by atoms with Crippen molar-refractivity contribution in [2.75, 3.05) is 6.26 Å². The number of nitriles is 1. The van der Waals surface area contributed by atoms with Crippen LogP contribution in [0.5, 0.6) is 0 Å². The molecule has 27 heavy (non-hydrogen) atoms. The lowest BCUT2D eigenvalue weighted by Gasteiger charge is -2.14. The van der Waals surface area contributed by atoms with Crippen molar-refractivity contribution < 1.29 is 8.42 Å². The zero-order valence-corrected chi connectivity index (χ0v) is 15.8. The fourth-order valence-electron chi connectivity index (χ4n) is 3.53. The molecule has 1 aliphatic carbocycles. The van der Waals surface area contributed by atoms with Crippen molar-refractivity contribution in [2.45, 2.75) is 24.1 Å². The van der Waals surface area contributed by atoms with Crippen molar-refractivity contribution in [3.8, 4) is 17.2 Å². The molecular formula is C19H18N4O3S. The van der Waals surface area contributed by atoms with E-state index in [0.717, 1.165) is 5.56 Å². The summed E-state index contributed by atoms with van der Waals surface area (Å²) in [4.78, 5) is 16.8. The Morgan fingerprint density at radius 1 is 1.26 bits per heavy atom. The van der Waals surface area contributed by atoms with Gasteiger partial charge in [0.2, 0.25) is 0 Å². The topological polar surface area (TPSA) is 97.8 Å². The summed E-state index contributed by atoms with van der Waals surface area (Å²) in [6.45, 7) is 0.164. The number of rotatable bonds is 4. The molecule has 0 N–H and O–H groups in total. The second-order valence-corrected chi connectivity index (χ2v) is 9.51. The number of nitrogens with zero attached hydrogens (tertiary/aromatic N) is 4. The highest BCUT2D eigenvalue weighted by Gasteiger charge is 2.52. The molecule has 138 valence electrons. The van der Waals surface area contributed by atoms with E-state index in [4.69, 9.17) is 0 Å². The summed E-state index contributed by atoms with van der Waals surface area (Å²) < 4.78 is 26.5. The van der Waals surface area contributed by atoms with Crippen LogP contribution in [0.3, 0.4) is 0 Å². The van der Waals surface area contributed by atoms with Gasteiger partial charge in [-0.25, -0.2) is 18.2 Å². The van der Waals surface area contributed by atoms with Crippen LogP contribution in [0.1, 0.15) is 18.5 Å². The molecule has 7 nitrogen and oxygen atoms in total. The van der Waals surface area contributed by atoms with Gasteiger partial charge >= 0.3 is 5.69 Å². The van der Waals surface area contributed by atoms with Crippen molar-refractivity contribution in [2.24, 2.45) is 7.05 Å². The van der Waals surface area contributed by atoms with Crippen LogP contribution >= 0.6 is 0 Å². The maximum absolute atomic E-state index is 12.8. The van der Waals surface area contributed by atoms with E-state index in [-0.39, 0.29) is 12.2 Å². The number of aromatic nitrogens is 3. The molecule has 0 saturated heterocycles. The first-order chi connectivity index (χ1) is 12.8. The number of fused-ring (bicyclic) bond motifs is 1. The smallest absolute Gasteiger partial charge is 0.295 e. The minimum atomic E-state index is -3.24. The number of hydrogen-bond donors (Lipinski definition) is 0. The highest BCUT2D eigenvalue weighted by atomic mass is 32.2. The first kappa shape index (κ1) is 17.5. The first-order valence-electron chi connectivity index (χ1n) is 8.52. The minimum Gasteiger partial charge on any atom is -0.295 e. The number of aryl methyl sites for hydroxylation is 1.